The SMILES string of the molecule is COC(CO)CONC(=O)c1cccc(F)c1Nc1ccc(I)cc1F. The van der Waals surface area contributed by atoms with Gasteiger partial charge >= 0.3 is 0 Å². The standard InChI is InChI=1S/C17H17F2IN2O4/c1-25-11(8-23)9-26-22-17(24)12-3-2-4-13(18)16(12)21-15-6-5-10(20)7-14(15)19/h2-7,11,21,23H,8-9H2,1H3,(H,22,24). The van der Waals surface area contributed by atoms with Gasteiger partial charge in [-0.1, -0.05) is 6.07 Å². The highest BCUT2D eigenvalue weighted by Gasteiger charge is 2.17. The lowest BCUT2D eigenvalue weighted by Crippen LogP contribution is -2.31. The van der Waals surface area contributed by atoms with Crippen LogP contribution in [0.15, 0.2) is 36.4 Å². The Morgan fingerprint density at radius 1 is 1.27 bits per heavy atom. The molecule has 0 saturated carbocycles. The van der Waals surface area contributed by atoms with Crippen molar-refractivity contribution in [3.8, 4) is 0 Å². The van der Waals surface area contributed by atoms with Gasteiger partial charge in [0.25, 0.3) is 5.91 Å². The summed E-state index contributed by atoms with van der Waals surface area (Å²) < 4.78 is 33.8. The molecule has 0 bridgehead atoms. The molecule has 0 aliphatic heterocycles. The van der Waals surface area contributed by atoms with Crippen molar-refractivity contribution in [2.24, 2.45) is 0 Å². The van der Waals surface area contributed by atoms with Gasteiger partial charge in [0.05, 0.1) is 23.5 Å². The maximum absolute atomic E-state index is 14.2. The molecule has 6 nitrogen and oxygen atoms in total. The van der Waals surface area contributed by atoms with Crippen molar-refractivity contribution in [2.75, 3.05) is 25.6 Å². The van der Waals surface area contributed by atoms with Gasteiger partial charge in [-0.2, -0.15) is 0 Å². The Morgan fingerprint density at radius 3 is 2.69 bits per heavy atom. The van der Waals surface area contributed by atoms with Crippen LogP contribution in [-0.4, -0.2) is 37.4 Å². The van der Waals surface area contributed by atoms with Crippen LogP contribution in [0.4, 0.5) is 20.2 Å². The molecule has 0 radical (unpaired) electrons. The van der Waals surface area contributed by atoms with Gasteiger partial charge in [0.1, 0.15) is 24.3 Å². The molecule has 0 aliphatic carbocycles. The second-order valence-electron chi connectivity index (χ2n) is 5.19. The molecule has 0 aliphatic rings. The molecule has 0 spiro atoms. The first-order valence-electron chi connectivity index (χ1n) is 7.52. The van der Waals surface area contributed by atoms with E-state index in [-0.39, 0.29) is 30.2 Å². The molecule has 2 aromatic carbocycles. The van der Waals surface area contributed by atoms with Gasteiger partial charge in [0.15, 0.2) is 0 Å². The van der Waals surface area contributed by atoms with E-state index in [0.717, 1.165) is 6.07 Å². The number of carbonyl (C=O) groups is 1. The normalized spacial score (nSPS) is 11.9. The van der Waals surface area contributed by atoms with Crippen molar-refractivity contribution in [3.63, 3.8) is 0 Å². The number of benzene rings is 2. The Balaban J connectivity index is 2.16. The maximum atomic E-state index is 14.2. The molecular formula is C17H17F2IN2O4. The fourth-order valence-electron chi connectivity index (χ4n) is 2.02. The number of aliphatic hydroxyl groups excluding tert-OH is 1. The zero-order valence-electron chi connectivity index (χ0n) is 13.8. The van der Waals surface area contributed by atoms with Crippen LogP contribution in [0.2, 0.25) is 0 Å². The summed E-state index contributed by atoms with van der Waals surface area (Å²) in [6.07, 6.45) is -0.610. The number of ether oxygens (including phenoxy) is 1. The van der Waals surface area contributed by atoms with Crippen LogP contribution < -0.4 is 10.8 Å². The summed E-state index contributed by atoms with van der Waals surface area (Å²) >= 11 is 1.95. The van der Waals surface area contributed by atoms with Crippen molar-refractivity contribution in [1.29, 1.82) is 0 Å². The highest BCUT2D eigenvalue weighted by molar-refractivity contribution is 14.1. The molecule has 3 N–H and O–H groups in total. The minimum absolute atomic E-state index is 0.0326. The average molecular weight is 478 g/mol. The molecule has 1 atom stereocenters. The smallest absolute Gasteiger partial charge is 0.277 e. The number of para-hydroxylation sites is 1. The van der Waals surface area contributed by atoms with Crippen LogP contribution in [0.1, 0.15) is 10.4 Å². The van der Waals surface area contributed by atoms with Crippen LogP contribution in [0, 0.1) is 15.2 Å². The van der Waals surface area contributed by atoms with Crippen LogP contribution in [0.3, 0.4) is 0 Å². The number of methoxy groups -OCH3 is 1. The number of aliphatic hydroxyl groups is 1. The second kappa shape index (κ2) is 9.76. The molecule has 0 fully saturated rings. The maximum Gasteiger partial charge on any atom is 0.277 e. The lowest BCUT2D eigenvalue weighted by Gasteiger charge is -2.15. The van der Waals surface area contributed by atoms with E-state index in [2.05, 4.69) is 10.8 Å². The number of hydroxylamine groups is 1. The number of rotatable bonds is 8. The van der Waals surface area contributed by atoms with E-state index >= 15 is 0 Å². The minimum Gasteiger partial charge on any atom is -0.394 e. The van der Waals surface area contributed by atoms with Crippen molar-refractivity contribution in [2.45, 2.75) is 6.10 Å². The van der Waals surface area contributed by atoms with E-state index < -0.39 is 23.6 Å². The number of amides is 1. The third-order valence-corrected chi connectivity index (χ3v) is 4.09. The molecule has 2 aromatic rings. The van der Waals surface area contributed by atoms with Crippen molar-refractivity contribution < 1.29 is 28.3 Å². The molecule has 0 aromatic heterocycles. The fourth-order valence-corrected chi connectivity index (χ4v) is 2.47. The third kappa shape index (κ3) is 5.34. The quantitative estimate of drug-likeness (QED) is 0.402. The summed E-state index contributed by atoms with van der Waals surface area (Å²) in [5, 5.41) is 11.6. The Morgan fingerprint density at radius 2 is 2.04 bits per heavy atom. The zero-order valence-corrected chi connectivity index (χ0v) is 15.9. The molecule has 9 heteroatoms. The summed E-state index contributed by atoms with van der Waals surface area (Å²) in [5.41, 5.74) is 1.93. The summed E-state index contributed by atoms with van der Waals surface area (Å²) in [6.45, 7) is -0.381. The highest BCUT2D eigenvalue weighted by Crippen LogP contribution is 2.27. The van der Waals surface area contributed by atoms with E-state index in [1.54, 1.807) is 6.07 Å². The molecule has 140 valence electrons. The summed E-state index contributed by atoms with van der Waals surface area (Å²) in [7, 11) is 1.39. The number of hydrogen-bond acceptors (Lipinski definition) is 5. The topological polar surface area (TPSA) is 79.8 Å². The molecule has 26 heavy (non-hydrogen) atoms. The number of hydrogen-bond donors (Lipinski definition) is 3. The predicted molar refractivity (Wildman–Crippen MR) is 100 cm³/mol. The Kier molecular flexibility index (Phi) is 7.69. The monoisotopic (exact) mass is 478 g/mol. The van der Waals surface area contributed by atoms with Crippen LogP contribution >= 0.6 is 22.6 Å². The first-order valence-corrected chi connectivity index (χ1v) is 8.60. The highest BCUT2D eigenvalue weighted by atomic mass is 127. The summed E-state index contributed by atoms with van der Waals surface area (Å²) in [5.74, 6) is -2.03. The first kappa shape index (κ1) is 20.5. The van der Waals surface area contributed by atoms with E-state index in [9.17, 15) is 13.6 Å². The first-order chi connectivity index (χ1) is 12.5. The lowest BCUT2D eigenvalue weighted by molar-refractivity contribution is -0.0469. The van der Waals surface area contributed by atoms with Gasteiger partial charge < -0.3 is 15.2 Å². The molecule has 1 amide bonds. The van der Waals surface area contributed by atoms with Gasteiger partial charge in [-0.3, -0.25) is 9.63 Å². The van der Waals surface area contributed by atoms with Crippen molar-refractivity contribution in [3.05, 3.63) is 57.2 Å². The number of halogens is 3. The Hall–Kier alpha value is -1.82. The number of anilines is 2. The Bertz CT molecular complexity index is 772. The van der Waals surface area contributed by atoms with E-state index in [0.29, 0.717) is 3.57 Å². The van der Waals surface area contributed by atoms with Gasteiger partial charge in [0, 0.05) is 10.7 Å². The average Bonchev–Trinajstić information content (AvgIpc) is 2.62. The number of nitrogens with one attached hydrogen (secondary N) is 2. The second-order valence-corrected chi connectivity index (χ2v) is 6.44. The van der Waals surface area contributed by atoms with Crippen LogP contribution in [0.25, 0.3) is 0 Å². The van der Waals surface area contributed by atoms with Crippen LogP contribution in [0.5, 0.6) is 0 Å². The molecular weight excluding hydrogens is 461 g/mol. The minimum atomic E-state index is -0.731. The summed E-state index contributed by atoms with van der Waals surface area (Å²) in [6, 6.07) is 8.26. The van der Waals surface area contributed by atoms with Crippen LogP contribution in [-0.2, 0) is 9.57 Å². The molecule has 0 heterocycles. The number of carbonyl (C=O) groups excluding carboxylic acids is 1. The van der Waals surface area contributed by atoms with Gasteiger partial charge in [-0.25, -0.2) is 14.3 Å². The predicted octanol–water partition coefficient (Wildman–Crippen LogP) is 2.98. The molecule has 1 unspecified atom stereocenters. The molecule has 2 rings (SSSR count). The van der Waals surface area contributed by atoms with E-state index in [1.165, 1.54) is 31.4 Å². The zero-order chi connectivity index (χ0) is 19.1. The third-order valence-electron chi connectivity index (χ3n) is 3.42. The fraction of sp³-hybridized carbons (Fsp3) is 0.235. The van der Waals surface area contributed by atoms with Gasteiger partial charge in [0.2, 0.25) is 0 Å². The van der Waals surface area contributed by atoms with Crippen molar-refractivity contribution in [1.82, 2.24) is 5.48 Å². The van der Waals surface area contributed by atoms with E-state index in [4.69, 9.17) is 14.7 Å². The largest absolute Gasteiger partial charge is 0.394 e. The van der Waals surface area contributed by atoms with Gasteiger partial charge in [-0.05, 0) is 52.9 Å². The lowest BCUT2D eigenvalue weighted by atomic mass is 10.1. The van der Waals surface area contributed by atoms with E-state index in [1.807, 2.05) is 22.6 Å². The molecule has 0 saturated heterocycles. The van der Waals surface area contributed by atoms with Gasteiger partial charge in [-0.15, -0.1) is 0 Å². The van der Waals surface area contributed by atoms with Crippen molar-refractivity contribution >= 4 is 39.9 Å². The Labute approximate surface area is 162 Å². The summed E-state index contributed by atoms with van der Waals surface area (Å²) in [4.78, 5) is 17.2.